The maximum Gasteiger partial charge on any atom is 0.0616 e. The zero-order valence-corrected chi connectivity index (χ0v) is 12.9. The molecule has 0 aromatic heterocycles. The molecule has 0 bridgehead atoms. The average molecular weight is 263 g/mol. The van der Waals surface area contributed by atoms with Crippen LogP contribution in [0.5, 0.6) is 0 Å². The summed E-state index contributed by atoms with van der Waals surface area (Å²) in [5.74, 6) is 0. The van der Waals surface area contributed by atoms with Gasteiger partial charge in [0, 0.05) is 18.7 Å². The first-order valence-corrected chi connectivity index (χ1v) is 7.60. The molecule has 108 valence electrons. The fourth-order valence-electron chi connectivity index (χ4n) is 2.22. The summed E-state index contributed by atoms with van der Waals surface area (Å²) in [7, 11) is 0. The van der Waals surface area contributed by atoms with Gasteiger partial charge in [-0.1, -0.05) is 37.6 Å². The summed E-state index contributed by atoms with van der Waals surface area (Å²) in [6.07, 6.45) is 3.73. The van der Waals surface area contributed by atoms with Gasteiger partial charge in [-0.2, -0.15) is 0 Å². The molecule has 2 atom stereocenters. The number of unbranched alkanes of at least 4 members (excludes halogenated alkanes) is 1. The number of hydrogen-bond donors (Lipinski definition) is 1. The number of ether oxygens (including phenoxy) is 1. The van der Waals surface area contributed by atoms with Crippen molar-refractivity contribution in [2.75, 3.05) is 13.2 Å². The Labute approximate surface area is 118 Å². The number of aryl methyl sites for hydroxylation is 1. The fraction of sp³-hybridized carbons (Fsp3) is 0.647. The molecule has 0 aliphatic rings. The standard InChI is InChI=1S/C17H29NO/c1-5-7-8-16-9-11-17(12-10-16)15(4)18-14(3)13-19-6-2/h9-12,14-15,18H,5-8,13H2,1-4H3. The van der Waals surface area contributed by atoms with Crippen molar-refractivity contribution >= 4 is 0 Å². The average Bonchev–Trinajstić information content (AvgIpc) is 2.43. The van der Waals surface area contributed by atoms with Gasteiger partial charge in [0.05, 0.1) is 6.61 Å². The molecule has 0 amide bonds. The highest BCUT2D eigenvalue weighted by Gasteiger charge is 2.09. The Morgan fingerprint density at radius 2 is 1.79 bits per heavy atom. The van der Waals surface area contributed by atoms with Crippen LogP contribution in [0.1, 0.15) is 57.7 Å². The molecule has 0 aliphatic heterocycles. The van der Waals surface area contributed by atoms with Crippen LogP contribution < -0.4 is 5.32 Å². The molecule has 2 unspecified atom stereocenters. The van der Waals surface area contributed by atoms with E-state index in [0.29, 0.717) is 12.1 Å². The minimum absolute atomic E-state index is 0.371. The summed E-state index contributed by atoms with van der Waals surface area (Å²) < 4.78 is 5.43. The maximum atomic E-state index is 5.43. The highest BCUT2D eigenvalue weighted by atomic mass is 16.5. The van der Waals surface area contributed by atoms with Crippen LogP contribution in [0.25, 0.3) is 0 Å². The normalized spacial score (nSPS) is 14.3. The van der Waals surface area contributed by atoms with Crippen molar-refractivity contribution in [1.29, 1.82) is 0 Å². The number of rotatable bonds is 9. The summed E-state index contributed by atoms with van der Waals surface area (Å²) in [4.78, 5) is 0. The minimum Gasteiger partial charge on any atom is -0.380 e. The quantitative estimate of drug-likeness (QED) is 0.724. The van der Waals surface area contributed by atoms with Gasteiger partial charge in [0.2, 0.25) is 0 Å². The fourth-order valence-corrected chi connectivity index (χ4v) is 2.22. The van der Waals surface area contributed by atoms with Crippen molar-refractivity contribution in [3.63, 3.8) is 0 Å². The van der Waals surface area contributed by atoms with Crippen LogP contribution in [0.15, 0.2) is 24.3 Å². The molecule has 0 heterocycles. The Morgan fingerprint density at radius 1 is 1.11 bits per heavy atom. The van der Waals surface area contributed by atoms with Crippen molar-refractivity contribution in [1.82, 2.24) is 5.32 Å². The van der Waals surface area contributed by atoms with Crippen molar-refractivity contribution in [3.8, 4) is 0 Å². The van der Waals surface area contributed by atoms with E-state index in [1.165, 1.54) is 30.4 Å². The van der Waals surface area contributed by atoms with Crippen molar-refractivity contribution in [2.45, 2.75) is 59.0 Å². The van der Waals surface area contributed by atoms with E-state index in [2.05, 4.69) is 50.4 Å². The zero-order chi connectivity index (χ0) is 14.1. The molecule has 1 aromatic carbocycles. The first kappa shape index (κ1) is 16.2. The molecule has 0 radical (unpaired) electrons. The molecule has 2 nitrogen and oxygen atoms in total. The molecular weight excluding hydrogens is 234 g/mol. The van der Waals surface area contributed by atoms with E-state index in [1.54, 1.807) is 0 Å². The highest BCUT2D eigenvalue weighted by Crippen LogP contribution is 2.15. The summed E-state index contributed by atoms with van der Waals surface area (Å²) in [6.45, 7) is 10.2. The molecule has 0 saturated heterocycles. The number of hydrogen-bond acceptors (Lipinski definition) is 2. The SMILES string of the molecule is CCCCc1ccc(C(C)NC(C)COCC)cc1. The number of nitrogens with one attached hydrogen (secondary N) is 1. The first-order chi connectivity index (χ1) is 9.17. The Morgan fingerprint density at radius 3 is 2.37 bits per heavy atom. The van der Waals surface area contributed by atoms with Gasteiger partial charge in [0.1, 0.15) is 0 Å². The molecule has 1 rings (SSSR count). The topological polar surface area (TPSA) is 21.3 Å². The van der Waals surface area contributed by atoms with E-state index in [0.717, 1.165) is 13.2 Å². The summed E-state index contributed by atoms with van der Waals surface area (Å²) in [6, 6.07) is 9.77. The van der Waals surface area contributed by atoms with E-state index < -0.39 is 0 Å². The minimum atomic E-state index is 0.371. The van der Waals surface area contributed by atoms with Gasteiger partial charge in [0.25, 0.3) is 0 Å². The zero-order valence-electron chi connectivity index (χ0n) is 12.9. The second kappa shape index (κ2) is 9.11. The highest BCUT2D eigenvalue weighted by molar-refractivity contribution is 5.24. The van der Waals surface area contributed by atoms with Gasteiger partial charge in [-0.3, -0.25) is 0 Å². The van der Waals surface area contributed by atoms with Crippen LogP contribution in [0, 0.1) is 0 Å². The summed E-state index contributed by atoms with van der Waals surface area (Å²) >= 11 is 0. The van der Waals surface area contributed by atoms with Crippen LogP contribution in [0.2, 0.25) is 0 Å². The van der Waals surface area contributed by atoms with Gasteiger partial charge >= 0.3 is 0 Å². The maximum absolute atomic E-state index is 5.43. The third-order valence-electron chi connectivity index (χ3n) is 3.41. The second-order valence-electron chi connectivity index (χ2n) is 5.29. The predicted octanol–water partition coefficient (Wildman–Crippen LogP) is 4.10. The molecule has 0 aliphatic carbocycles. The molecule has 19 heavy (non-hydrogen) atoms. The van der Waals surface area contributed by atoms with Crippen LogP contribution in [0.3, 0.4) is 0 Å². The van der Waals surface area contributed by atoms with E-state index in [-0.39, 0.29) is 0 Å². The Bertz CT molecular complexity index is 334. The van der Waals surface area contributed by atoms with E-state index in [4.69, 9.17) is 4.74 Å². The molecule has 1 N–H and O–H groups in total. The molecule has 0 spiro atoms. The van der Waals surface area contributed by atoms with Crippen LogP contribution in [-0.2, 0) is 11.2 Å². The van der Waals surface area contributed by atoms with E-state index in [1.807, 2.05) is 6.92 Å². The van der Waals surface area contributed by atoms with Crippen molar-refractivity contribution in [3.05, 3.63) is 35.4 Å². The lowest BCUT2D eigenvalue weighted by Crippen LogP contribution is -2.32. The molecular formula is C17H29NO. The van der Waals surface area contributed by atoms with Gasteiger partial charge in [-0.05, 0) is 44.7 Å². The largest absolute Gasteiger partial charge is 0.380 e. The van der Waals surface area contributed by atoms with Crippen LogP contribution >= 0.6 is 0 Å². The molecule has 1 aromatic rings. The second-order valence-corrected chi connectivity index (χ2v) is 5.29. The summed E-state index contributed by atoms with van der Waals surface area (Å²) in [5, 5.41) is 3.57. The van der Waals surface area contributed by atoms with Gasteiger partial charge < -0.3 is 10.1 Å². The van der Waals surface area contributed by atoms with Gasteiger partial charge in [-0.15, -0.1) is 0 Å². The van der Waals surface area contributed by atoms with Crippen LogP contribution in [-0.4, -0.2) is 19.3 Å². The van der Waals surface area contributed by atoms with E-state index in [9.17, 15) is 0 Å². The Balaban J connectivity index is 2.45. The smallest absolute Gasteiger partial charge is 0.0616 e. The molecule has 0 saturated carbocycles. The predicted molar refractivity (Wildman–Crippen MR) is 82.6 cm³/mol. The molecule has 0 fully saturated rings. The number of benzene rings is 1. The lowest BCUT2D eigenvalue weighted by Gasteiger charge is -2.20. The first-order valence-electron chi connectivity index (χ1n) is 7.60. The summed E-state index contributed by atoms with van der Waals surface area (Å²) in [5.41, 5.74) is 2.80. The van der Waals surface area contributed by atoms with Crippen LogP contribution in [0.4, 0.5) is 0 Å². The Kier molecular flexibility index (Phi) is 7.76. The Hall–Kier alpha value is -0.860. The monoisotopic (exact) mass is 263 g/mol. The third-order valence-corrected chi connectivity index (χ3v) is 3.41. The van der Waals surface area contributed by atoms with Crippen molar-refractivity contribution in [2.24, 2.45) is 0 Å². The molecule has 2 heteroatoms. The van der Waals surface area contributed by atoms with Crippen molar-refractivity contribution < 1.29 is 4.74 Å². The van der Waals surface area contributed by atoms with Gasteiger partial charge in [-0.25, -0.2) is 0 Å². The lowest BCUT2D eigenvalue weighted by molar-refractivity contribution is 0.124. The lowest BCUT2D eigenvalue weighted by atomic mass is 10.0. The third kappa shape index (κ3) is 6.22. The van der Waals surface area contributed by atoms with Gasteiger partial charge in [0.15, 0.2) is 0 Å². The van der Waals surface area contributed by atoms with E-state index >= 15 is 0 Å².